The Morgan fingerprint density at radius 3 is 2.53 bits per heavy atom. The summed E-state index contributed by atoms with van der Waals surface area (Å²) in [4.78, 5) is 73.0. The van der Waals surface area contributed by atoms with Crippen molar-refractivity contribution in [2.45, 2.75) is 26.1 Å². The van der Waals surface area contributed by atoms with Crippen LogP contribution in [-0.4, -0.2) is 63.3 Å². The number of fused-ring (bicyclic) bond motifs is 2. The lowest BCUT2D eigenvalue weighted by atomic mass is 10.0. The molecular weight excluding hydrogens is 470 g/mol. The van der Waals surface area contributed by atoms with E-state index >= 15 is 0 Å². The van der Waals surface area contributed by atoms with E-state index in [0.29, 0.717) is 10.4 Å². The van der Waals surface area contributed by atoms with Crippen molar-refractivity contribution in [1.82, 2.24) is 4.90 Å². The van der Waals surface area contributed by atoms with E-state index in [0.717, 1.165) is 16.2 Å². The molecule has 34 heavy (non-hydrogen) atoms. The summed E-state index contributed by atoms with van der Waals surface area (Å²) in [5, 5.41) is 22.9. The topological polar surface area (TPSA) is 179 Å². The number of imide groups is 1. The van der Waals surface area contributed by atoms with E-state index in [-0.39, 0.29) is 47.0 Å². The molecule has 1 aromatic carbocycles. The molecule has 1 unspecified atom stereocenters. The van der Waals surface area contributed by atoms with Crippen molar-refractivity contribution >= 4 is 57.6 Å². The maximum atomic E-state index is 13.0. The first-order chi connectivity index (χ1) is 16.1. The number of carbonyl (C=O) groups excluding carboxylic acids is 4. The lowest BCUT2D eigenvalue weighted by Crippen LogP contribution is -2.40. The monoisotopic (exact) mass is 487 g/mol. The van der Waals surface area contributed by atoms with Crippen LogP contribution in [0.2, 0.25) is 0 Å². The summed E-state index contributed by atoms with van der Waals surface area (Å²) in [5.74, 6) is -6.09. The zero-order valence-electron chi connectivity index (χ0n) is 17.5. The van der Waals surface area contributed by atoms with Crippen LogP contribution in [0.5, 0.6) is 0 Å². The summed E-state index contributed by atoms with van der Waals surface area (Å²) in [6.45, 7) is 1.06. The number of benzene rings is 1. The van der Waals surface area contributed by atoms with Crippen molar-refractivity contribution in [3.05, 3.63) is 45.3 Å². The number of ether oxygens (including phenoxy) is 1. The van der Waals surface area contributed by atoms with Gasteiger partial charge in [0.05, 0.1) is 41.6 Å². The van der Waals surface area contributed by atoms with Gasteiger partial charge in [-0.3, -0.25) is 24.1 Å². The molecule has 13 heteroatoms. The predicted octanol–water partition coefficient (Wildman–Crippen LogP) is 1.17. The second-order valence-corrected chi connectivity index (χ2v) is 8.64. The molecule has 1 atom stereocenters. The molecule has 12 nitrogen and oxygen atoms in total. The Balaban J connectivity index is 1.57. The van der Waals surface area contributed by atoms with Gasteiger partial charge in [-0.2, -0.15) is 0 Å². The third-order valence-corrected chi connectivity index (χ3v) is 6.42. The molecule has 0 saturated heterocycles. The Kier molecular flexibility index (Phi) is 5.89. The van der Waals surface area contributed by atoms with Crippen LogP contribution in [0.1, 0.15) is 48.4 Å². The molecule has 2 aromatic rings. The summed E-state index contributed by atoms with van der Waals surface area (Å²) in [5.41, 5.74) is 0.499. The molecule has 0 bridgehead atoms. The van der Waals surface area contributed by atoms with Crippen molar-refractivity contribution in [3.8, 4) is 0 Å². The molecular formula is C21H17N3O9S. The van der Waals surface area contributed by atoms with E-state index in [1.807, 2.05) is 0 Å². The molecule has 3 heterocycles. The fraction of sp³-hybridized carbons (Fsp3) is 0.238. The number of aromatic carboxylic acids is 1. The fourth-order valence-corrected chi connectivity index (χ4v) is 5.05. The molecule has 4 N–H and O–H groups in total. The average Bonchev–Trinajstić information content (AvgIpc) is 3.23. The number of aliphatic carboxylic acids is 1. The molecule has 0 spiro atoms. The quantitative estimate of drug-likeness (QED) is 0.356. The van der Waals surface area contributed by atoms with Crippen LogP contribution in [0.25, 0.3) is 0 Å². The first-order valence-electron chi connectivity index (χ1n) is 9.89. The van der Waals surface area contributed by atoms with Gasteiger partial charge in [0.2, 0.25) is 5.91 Å². The minimum Gasteiger partial charge on any atom is -0.478 e. The first-order valence-corrected chi connectivity index (χ1v) is 10.7. The van der Waals surface area contributed by atoms with Crippen LogP contribution < -0.4 is 10.6 Å². The van der Waals surface area contributed by atoms with E-state index in [9.17, 15) is 33.9 Å². The van der Waals surface area contributed by atoms with E-state index < -0.39 is 41.7 Å². The van der Waals surface area contributed by atoms with Crippen LogP contribution in [-0.2, 0) is 32.1 Å². The average molecular weight is 487 g/mol. The highest BCUT2D eigenvalue weighted by Crippen LogP contribution is 2.38. The Labute approximate surface area is 195 Å². The summed E-state index contributed by atoms with van der Waals surface area (Å²) < 4.78 is 5.73. The molecule has 0 radical (unpaired) electrons. The second kappa shape index (κ2) is 8.68. The van der Waals surface area contributed by atoms with Gasteiger partial charge >= 0.3 is 17.8 Å². The highest BCUT2D eigenvalue weighted by molar-refractivity contribution is 7.17. The van der Waals surface area contributed by atoms with E-state index in [1.54, 1.807) is 6.07 Å². The van der Waals surface area contributed by atoms with Crippen LogP contribution in [0.4, 0.5) is 10.7 Å². The van der Waals surface area contributed by atoms with Crippen molar-refractivity contribution in [3.63, 3.8) is 0 Å². The minimum atomic E-state index is -1.76. The van der Waals surface area contributed by atoms with Gasteiger partial charge in [0, 0.05) is 18.2 Å². The molecule has 1 aromatic heterocycles. The highest BCUT2D eigenvalue weighted by atomic mass is 32.1. The Bertz CT molecular complexity index is 1280. The largest absolute Gasteiger partial charge is 0.478 e. The molecule has 2 aliphatic rings. The third kappa shape index (κ3) is 4.02. The van der Waals surface area contributed by atoms with Crippen molar-refractivity contribution in [2.24, 2.45) is 0 Å². The van der Waals surface area contributed by atoms with Gasteiger partial charge in [0.25, 0.3) is 11.8 Å². The van der Waals surface area contributed by atoms with E-state index in [1.165, 1.54) is 19.1 Å². The molecule has 0 fully saturated rings. The predicted molar refractivity (Wildman–Crippen MR) is 116 cm³/mol. The van der Waals surface area contributed by atoms with Gasteiger partial charge in [0.15, 0.2) is 0 Å². The number of carboxylic acids is 2. The Morgan fingerprint density at radius 1 is 1.15 bits per heavy atom. The number of carbonyl (C=O) groups is 6. The Morgan fingerprint density at radius 2 is 1.88 bits per heavy atom. The second-order valence-electron chi connectivity index (χ2n) is 7.54. The number of rotatable bonds is 5. The molecule has 2 aliphatic heterocycles. The number of hydrogen-bond acceptors (Lipinski definition) is 8. The van der Waals surface area contributed by atoms with Crippen LogP contribution in [0.3, 0.4) is 0 Å². The van der Waals surface area contributed by atoms with Crippen molar-refractivity contribution in [1.29, 1.82) is 0 Å². The van der Waals surface area contributed by atoms with Gasteiger partial charge in [0.1, 0.15) is 5.00 Å². The summed E-state index contributed by atoms with van der Waals surface area (Å²) >= 11 is 0.891. The van der Waals surface area contributed by atoms with E-state index in [4.69, 9.17) is 9.84 Å². The van der Waals surface area contributed by atoms with Gasteiger partial charge in [-0.1, -0.05) is 6.07 Å². The summed E-state index contributed by atoms with van der Waals surface area (Å²) in [6, 6.07) is 4.52. The maximum absolute atomic E-state index is 13.0. The summed E-state index contributed by atoms with van der Waals surface area (Å²) in [7, 11) is 0. The zero-order valence-corrected chi connectivity index (χ0v) is 18.4. The number of thiophene rings is 1. The molecule has 0 saturated carbocycles. The first kappa shape index (κ1) is 23.1. The fourth-order valence-electron chi connectivity index (χ4n) is 3.91. The number of nitrogens with one attached hydrogen (secondary N) is 2. The molecule has 0 aliphatic carbocycles. The maximum Gasteiger partial charge on any atom is 0.394 e. The number of hydrogen-bond donors (Lipinski definition) is 4. The van der Waals surface area contributed by atoms with Crippen LogP contribution in [0, 0.1) is 0 Å². The van der Waals surface area contributed by atoms with Crippen molar-refractivity contribution < 1.29 is 43.7 Å². The number of amides is 4. The Hall–Kier alpha value is -4.10. The smallest absolute Gasteiger partial charge is 0.394 e. The summed E-state index contributed by atoms with van der Waals surface area (Å²) in [6.07, 6.45) is -0.725. The molecule has 176 valence electrons. The lowest BCUT2D eigenvalue weighted by Gasteiger charge is -2.26. The molecule has 4 amide bonds. The van der Waals surface area contributed by atoms with Gasteiger partial charge in [-0.25, -0.2) is 9.59 Å². The third-order valence-electron chi connectivity index (χ3n) is 5.30. The molecule has 4 rings (SSSR count). The van der Waals surface area contributed by atoms with Crippen LogP contribution >= 0.6 is 11.3 Å². The van der Waals surface area contributed by atoms with Crippen LogP contribution in [0.15, 0.2) is 18.2 Å². The van der Waals surface area contributed by atoms with Gasteiger partial charge in [-0.15, -0.1) is 11.3 Å². The number of anilines is 2. The normalized spacial score (nSPS) is 16.6. The van der Waals surface area contributed by atoms with Gasteiger partial charge < -0.3 is 25.6 Å². The van der Waals surface area contributed by atoms with E-state index in [2.05, 4.69) is 10.6 Å². The minimum absolute atomic E-state index is 0.0162. The van der Waals surface area contributed by atoms with Gasteiger partial charge in [-0.05, 0) is 17.7 Å². The standard InChI is InChI=1S/C21H17N3O9S/c1-8(25)22-12-4-2-3-10-14(12)19(28)24(18(10)27)6-9-5-11-13(7-33-9)34-17(15(11)20(29)30)23-16(26)21(31)32/h2-4,9H,5-7H2,1H3,(H,22,25)(H,23,26)(H,29,30)(H,31,32). The van der Waals surface area contributed by atoms with Crippen molar-refractivity contribution in [2.75, 3.05) is 17.2 Å². The number of nitrogens with zero attached hydrogens (tertiary/aromatic N) is 1. The highest BCUT2D eigenvalue weighted by Gasteiger charge is 2.40. The number of carboxylic acid groups (broad SMARTS) is 2. The SMILES string of the molecule is CC(=O)Nc1cccc2c1C(=O)N(CC1Cc3c(sc(NC(=O)C(=O)O)c3C(=O)O)CO1)C2=O. The lowest BCUT2D eigenvalue weighted by molar-refractivity contribution is -0.147. The zero-order chi connectivity index (χ0) is 24.7.